The zero-order valence-corrected chi connectivity index (χ0v) is 23.0. The monoisotopic (exact) mass is 564 g/mol. The molecule has 2 amide bonds. The highest BCUT2D eigenvalue weighted by molar-refractivity contribution is 5.99. The summed E-state index contributed by atoms with van der Waals surface area (Å²) >= 11 is 0. The molecule has 3 aromatic heterocycles. The van der Waals surface area contributed by atoms with E-state index in [2.05, 4.69) is 51.3 Å². The van der Waals surface area contributed by atoms with E-state index in [0.717, 1.165) is 24.8 Å². The highest BCUT2D eigenvalue weighted by Crippen LogP contribution is 2.34. The van der Waals surface area contributed by atoms with E-state index in [9.17, 15) is 18.0 Å². The van der Waals surface area contributed by atoms with E-state index in [1.807, 2.05) is 33.7 Å². The molecule has 5 rings (SSSR count). The number of anilines is 2. The van der Waals surface area contributed by atoms with Crippen LogP contribution < -0.4 is 10.6 Å². The Morgan fingerprint density at radius 1 is 1.02 bits per heavy atom. The number of imidazole rings is 1. The number of benzene rings is 1. The van der Waals surface area contributed by atoms with Crippen molar-refractivity contribution in [2.75, 3.05) is 36.8 Å². The van der Waals surface area contributed by atoms with E-state index >= 15 is 0 Å². The average Bonchev–Trinajstić information content (AvgIpc) is 3.50. The summed E-state index contributed by atoms with van der Waals surface area (Å²) in [7, 11) is 1.68. The Morgan fingerprint density at radius 3 is 2.51 bits per heavy atom. The van der Waals surface area contributed by atoms with Crippen molar-refractivity contribution in [2.45, 2.75) is 32.6 Å². The molecule has 0 aliphatic carbocycles. The number of hydrogen-bond acceptors (Lipinski definition) is 5. The van der Waals surface area contributed by atoms with Crippen LogP contribution in [0.25, 0.3) is 5.65 Å². The summed E-state index contributed by atoms with van der Waals surface area (Å²) in [5.74, 6) is 6.26. The van der Waals surface area contributed by atoms with Crippen LogP contribution in [0.4, 0.5) is 29.5 Å². The van der Waals surface area contributed by atoms with Crippen molar-refractivity contribution in [1.82, 2.24) is 29.0 Å². The number of aryl methyl sites for hydroxylation is 1. The number of piperazine rings is 1. The molecular weight excluding hydrogens is 533 g/mol. The predicted octanol–water partition coefficient (Wildman–Crippen LogP) is 4.66. The maximum atomic E-state index is 14.0. The van der Waals surface area contributed by atoms with Crippen LogP contribution >= 0.6 is 0 Å². The normalized spacial score (nSPS) is 14.7. The molecule has 0 spiro atoms. The van der Waals surface area contributed by atoms with Crippen molar-refractivity contribution in [3.05, 3.63) is 77.4 Å². The Kier molecular flexibility index (Phi) is 8.01. The minimum Gasteiger partial charge on any atom is -0.308 e. The molecule has 1 aliphatic heterocycles. The van der Waals surface area contributed by atoms with Crippen LogP contribution in [0.15, 0.2) is 54.9 Å². The highest BCUT2D eigenvalue weighted by Gasteiger charge is 2.34. The third-order valence-corrected chi connectivity index (χ3v) is 7.06. The van der Waals surface area contributed by atoms with Gasteiger partial charge in [0.25, 0.3) is 0 Å². The highest BCUT2D eigenvalue weighted by atomic mass is 19.4. The molecule has 1 aliphatic rings. The Hall–Kier alpha value is -4.34. The lowest BCUT2D eigenvalue weighted by Gasteiger charge is -2.37. The van der Waals surface area contributed by atoms with Gasteiger partial charge in [0, 0.05) is 63.8 Å². The van der Waals surface area contributed by atoms with Crippen LogP contribution in [-0.4, -0.2) is 67.2 Å². The molecule has 0 radical (unpaired) electrons. The fourth-order valence-corrected chi connectivity index (χ4v) is 4.81. The lowest BCUT2D eigenvalue weighted by atomic mass is 10.0. The van der Waals surface area contributed by atoms with E-state index in [1.165, 1.54) is 16.8 Å². The van der Waals surface area contributed by atoms with Gasteiger partial charge in [0.1, 0.15) is 17.0 Å². The van der Waals surface area contributed by atoms with Crippen molar-refractivity contribution in [1.29, 1.82) is 0 Å². The molecule has 214 valence electrons. The molecule has 4 heterocycles. The van der Waals surface area contributed by atoms with Crippen molar-refractivity contribution in [2.24, 2.45) is 7.05 Å². The van der Waals surface area contributed by atoms with Crippen molar-refractivity contribution in [3.8, 4) is 11.8 Å². The minimum absolute atomic E-state index is 0.0340. The number of urea groups is 1. The predicted molar refractivity (Wildman–Crippen MR) is 150 cm³/mol. The second-order valence-electron chi connectivity index (χ2n) is 10.2. The summed E-state index contributed by atoms with van der Waals surface area (Å²) in [5.41, 5.74) is 1.45. The summed E-state index contributed by atoms with van der Waals surface area (Å²) < 4.78 is 45.2. The minimum atomic E-state index is -4.56. The van der Waals surface area contributed by atoms with Crippen LogP contribution in [0.5, 0.6) is 0 Å². The van der Waals surface area contributed by atoms with Gasteiger partial charge in [-0.1, -0.05) is 12.1 Å². The molecule has 41 heavy (non-hydrogen) atoms. The third-order valence-electron chi connectivity index (χ3n) is 7.06. The third kappa shape index (κ3) is 6.70. The van der Waals surface area contributed by atoms with Gasteiger partial charge in [-0.05, 0) is 55.5 Å². The Labute approximate surface area is 236 Å². The Balaban J connectivity index is 1.24. The molecule has 9 nitrogen and oxygen atoms in total. The number of alkyl halides is 3. The maximum Gasteiger partial charge on any atom is 0.416 e. The molecule has 1 aromatic carbocycles. The van der Waals surface area contributed by atoms with Crippen LogP contribution in [0, 0.1) is 11.8 Å². The molecule has 0 bridgehead atoms. The van der Waals surface area contributed by atoms with Crippen molar-refractivity contribution >= 4 is 23.2 Å². The summed E-state index contributed by atoms with van der Waals surface area (Å²) in [6.45, 7) is 7.47. The molecule has 2 N–H and O–H groups in total. The van der Waals surface area contributed by atoms with Gasteiger partial charge >= 0.3 is 12.2 Å². The number of amides is 2. The second-order valence-corrected chi connectivity index (χ2v) is 10.2. The first kappa shape index (κ1) is 28.2. The molecule has 0 unspecified atom stereocenters. The number of pyridine rings is 1. The zero-order valence-electron chi connectivity index (χ0n) is 23.0. The van der Waals surface area contributed by atoms with E-state index in [4.69, 9.17) is 0 Å². The molecule has 1 saturated heterocycles. The molecular formula is C29H31F3N8O. The fourth-order valence-electron chi connectivity index (χ4n) is 4.81. The maximum absolute atomic E-state index is 14.0. The first-order chi connectivity index (χ1) is 19.6. The summed E-state index contributed by atoms with van der Waals surface area (Å²) in [4.78, 5) is 21.3. The average molecular weight is 565 g/mol. The van der Waals surface area contributed by atoms with E-state index in [1.54, 1.807) is 19.3 Å². The lowest BCUT2D eigenvalue weighted by molar-refractivity contribution is -0.138. The summed E-state index contributed by atoms with van der Waals surface area (Å²) in [5, 5.41) is 9.29. The van der Waals surface area contributed by atoms with Gasteiger partial charge in [-0.25, -0.2) is 9.78 Å². The van der Waals surface area contributed by atoms with Crippen LogP contribution in [-0.2, 0) is 19.8 Å². The van der Waals surface area contributed by atoms with E-state index in [0.29, 0.717) is 30.5 Å². The van der Waals surface area contributed by atoms with Crippen molar-refractivity contribution < 1.29 is 18.0 Å². The number of carbonyl (C=O) groups is 1. The molecule has 1 fully saturated rings. The van der Waals surface area contributed by atoms with Crippen LogP contribution in [0.3, 0.4) is 0 Å². The Morgan fingerprint density at radius 2 is 1.78 bits per heavy atom. The smallest absolute Gasteiger partial charge is 0.308 e. The fraction of sp³-hybridized carbons (Fsp3) is 0.345. The standard InChI is InChI=1S/C29H31F3N8O/c1-20(2)39-14-12-38(13-15-39)19-21-7-8-22(16-25(21)29(30,31)32)34-28(41)35-26-17-23(37(3)36-26)9-10-24-18-33-27-6-4-5-11-40(24)27/h4-8,11,16-18,20H,12-15,19H2,1-3H3,(H2,34,35,36,41). The van der Waals surface area contributed by atoms with Gasteiger partial charge in [0.05, 0.1) is 11.8 Å². The Bertz CT molecular complexity index is 1600. The number of nitrogens with one attached hydrogen (secondary N) is 2. The number of hydrogen-bond donors (Lipinski definition) is 2. The quantitative estimate of drug-likeness (QED) is 0.345. The van der Waals surface area contributed by atoms with Crippen LogP contribution in [0.2, 0.25) is 0 Å². The van der Waals surface area contributed by atoms with Gasteiger partial charge in [0.2, 0.25) is 0 Å². The molecule has 12 heteroatoms. The number of nitrogens with zero attached hydrogens (tertiary/aromatic N) is 6. The number of halogens is 3. The SMILES string of the molecule is CC(C)N1CCN(Cc2ccc(NC(=O)Nc3cc(C#Cc4cnc5ccccn45)n(C)n3)cc2C(F)(F)F)CC1. The summed E-state index contributed by atoms with van der Waals surface area (Å²) in [6.07, 6.45) is -1.03. The van der Waals surface area contributed by atoms with Crippen LogP contribution in [0.1, 0.15) is 36.4 Å². The van der Waals surface area contributed by atoms with Crippen molar-refractivity contribution in [3.63, 3.8) is 0 Å². The number of carbonyl (C=O) groups excluding carboxylic acids is 1. The topological polar surface area (TPSA) is 82.7 Å². The zero-order chi connectivity index (χ0) is 29.1. The number of rotatable bonds is 5. The molecule has 0 atom stereocenters. The van der Waals surface area contributed by atoms with E-state index < -0.39 is 17.8 Å². The van der Waals surface area contributed by atoms with Gasteiger partial charge in [0.15, 0.2) is 5.82 Å². The van der Waals surface area contributed by atoms with Gasteiger partial charge in [-0.15, -0.1) is 0 Å². The summed E-state index contributed by atoms with van der Waals surface area (Å²) in [6, 6.07) is 10.8. The van der Waals surface area contributed by atoms with Gasteiger partial charge < -0.3 is 5.32 Å². The second kappa shape index (κ2) is 11.6. The first-order valence-corrected chi connectivity index (χ1v) is 13.3. The number of fused-ring (bicyclic) bond motifs is 1. The lowest BCUT2D eigenvalue weighted by Crippen LogP contribution is -2.48. The molecule has 4 aromatic rings. The van der Waals surface area contributed by atoms with Gasteiger partial charge in [-0.2, -0.15) is 18.3 Å². The van der Waals surface area contributed by atoms with E-state index in [-0.39, 0.29) is 23.6 Å². The largest absolute Gasteiger partial charge is 0.416 e. The first-order valence-electron chi connectivity index (χ1n) is 13.3. The number of aromatic nitrogens is 4. The molecule has 0 saturated carbocycles. The van der Waals surface area contributed by atoms with Gasteiger partial charge in [-0.3, -0.25) is 24.2 Å².